The number of hydrogen-bond donors (Lipinski definition) is 1. The summed E-state index contributed by atoms with van der Waals surface area (Å²) in [5.41, 5.74) is 5.01. The van der Waals surface area contributed by atoms with Gasteiger partial charge >= 0.3 is 6.01 Å². The van der Waals surface area contributed by atoms with Gasteiger partial charge < -0.3 is 24.1 Å². The van der Waals surface area contributed by atoms with Gasteiger partial charge in [0.25, 0.3) is 0 Å². The number of imidazole rings is 1. The topological polar surface area (TPSA) is 87.9 Å². The smallest absolute Gasteiger partial charge is 0.301 e. The van der Waals surface area contributed by atoms with Crippen LogP contribution in [-0.4, -0.2) is 72.0 Å². The highest BCUT2D eigenvalue weighted by molar-refractivity contribution is 9.10. The zero-order chi connectivity index (χ0) is 28.7. The minimum Gasteiger partial charge on any atom is -0.456 e. The van der Waals surface area contributed by atoms with Gasteiger partial charge in [-0.05, 0) is 35.4 Å². The first kappa shape index (κ1) is 28.8. The third-order valence-corrected chi connectivity index (χ3v) is 9.95. The molecule has 0 unspecified atom stereocenters. The van der Waals surface area contributed by atoms with Gasteiger partial charge in [-0.2, -0.15) is 4.98 Å². The van der Waals surface area contributed by atoms with E-state index in [-0.39, 0.29) is 19.4 Å². The molecular weight excluding hydrogens is 626 g/mol. The number of aliphatic hydroxyl groups excluding tert-OH is 1. The summed E-state index contributed by atoms with van der Waals surface area (Å²) >= 11 is 10.3. The lowest BCUT2D eigenvalue weighted by molar-refractivity contribution is 0.00336. The minimum atomic E-state index is -1.26. The van der Waals surface area contributed by atoms with Crippen molar-refractivity contribution in [2.75, 3.05) is 19.8 Å². The fraction of sp³-hybridized carbons (Fsp3) is 0.400. The number of aliphatic hydroxyl groups is 1. The van der Waals surface area contributed by atoms with Gasteiger partial charge in [0.15, 0.2) is 11.8 Å². The molecule has 4 aromatic rings. The Morgan fingerprint density at radius 1 is 0.976 bits per heavy atom. The molecule has 41 heavy (non-hydrogen) atoms. The zero-order valence-electron chi connectivity index (χ0n) is 23.2. The van der Waals surface area contributed by atoms with Crippen molar-refractivity contribution in [1.29, 1.82) is 0 Å². The first-order chi connectivity index (χ1) is 19.7. The Morgan fingerprint density at radius 3 is 2.34 bits per heavy atom. The predicted molar refractivity (Wildman–Crippen MR) is 165 cm³/mol. The second-order valence-electron chi connectivity index (χ2n) is 11.7. The van der Waals surface area contributed by atoms with Crippen molar-refractivity contribution in [2.45, 2.75) is 56.8 Å². The van der Waals surface area contributed by atoms with Gasteiger partial charge in [-0.15, -0.1) is 0 Å². The van der Waals surface area contributed by atoms with Crippen LogP contribution in [0.3, 0.4) is 0 Å². The van der Waals surface area contributed by atoms with Gasteiger partial charge in [-0.3, -0.25) is 4.57 Å². The molecule has 2 fully saturated rings. The molecule has 2 aliphatic rings. The van der Waals surface area contributed by atoms with Crippen molar-refractivity contribution < 1.29 is 24.1 Å². The first-order valence-electron chi connectivity index (χ1n) is 13.8. The molecular formula is C30H33BrClN3O5Si. The van der Waals surface area contributed by atoms with Gasteiger partial charge in [0.2, 0.25) is 0 Å². The second-order valence-corrected chi connectivity index (χ2v) is 18.7. The van der Waals surface area contributed by atoms with E-state index in [0.717, 1.165) is 27.2 Å². The van der Waals surface area contributed by atoms with Crippen LogP contribution in [0.15, 0.2) is 59.1 Å². The van der Waals surface area contributed by atoms with E-state index < -0.39 is 26.4 Å². The van der Waals surface area contributed by atoms with Crippen molar-refractivity contribution in [3.63, 3.8) is 0 Å². The largest absolute Gasteiger partial charge is 0.456 e. The third kappa shape index (κ3) is 6.24. The van der Waals surface area contributed by atoms with Crippen LogP contribution in [0.5, 0.6) is 6.01 Å². The Kier molecular flexibility index (Phi) is 8.25. The van der Waals surface area contributed by atoms with Crippen LogP contribution < -0.4 is 4.74 Å². The molecule has 2 aliphatic heterocycles. The minimum absolute atomic E-state index is 0.229. The molecule has 2 aromatic carbocycles. The van der Waals surface area contributed by atoms with Crippen LogP contribution in [0.4, 0.5) is 0 Å². The van der Waals surface area contributed by atoms with Crippen molar-refractivity contribution in [3.05, 3.63) is 64.1 Å². The molecule has 8 nitrogen and oxygen atoms in total. The van der Waals surface area contributed by atoms with E-state index in [4.69, 9.17) is 40.5 Å². The van der Waals surface area contributed by atoms with E-state index in [2.05, 4.69) is 59.8 Å². The van der Waals surface area contributed by atoms with Crippen LogP contribution in [0.25, 0.3) is 33.5 Å². The summed E-state index contributed by atoms with van der Waals surface area (Å²) < 4.78 is 26.9. The van der Waals surface area contributed by atoms with E-state index in [0.29, 0.717) is 41.1 Å². The predicted octanol–water partition coefficient (Wildman–Crippen LogP) is 6.40. The molecule has 0 spiro atoms. The lowest BCUT2D eigenvalue weighted by atomic mass is 10.0. The number of aromatic nitrogens is 3. The third-order valence-electron chi connectivity index (χ3n) is 7.43. The van der Waals surface area contributed by atoms with Gasteiger partial charge in [0.05, 0.1) is 23.9 Å². The average Bonchev–Trinajstić information content (AvgIpc) is 3.61. The van der Waals surface area contributed by atoms with Crippen molar-refractivity contribution in [1.82, 2.24) is 14.5 Å². The average molecular weight is 659 g/mol. The van der Waals surface area contributed by atoms with Crippen LogP contribution >= 0.6 is 27.5 Å². The molecule has 4 atom stereocenters. The summed E-state index contributed by atoms with van der Waals surface area (Å²) in [5.74, 6) is 0. The van der Waals surface area contributed by atoms with E-state index in [1.54, 1.807) is 0 Å². The summed E-state index contributed by atoms with van der Waals surface area (Å²) in [4.78, 5) is 9.71. The summed E-state index contributed by atoms with van der Waals surface area (Å²) in [6.45, 7) is 8.37. The molecule has 1 N–H and O–H groups in total. The molecule has 6 rings (SSSR count). The molecule has 0 radical (unpaired) electrons. The van der Waals surface area contributed by atoms with Gasteiger partial charge in [-0.1, -0.05) is 83.6 Å². The number of fused-ring (bicyclic) bond motifs is 2. The number of benzene rings is 2. The lowest BCUT2D eigenvalue weighted by Crippen LogP contribution is -2.35. The Bertz CT molecular complexity index is 1530. The highest BCUT2D eigenvalue weighted by Gasteiger charge is 2.49. The van der Waals surface area contributed by atoms with Crippen LogP contribution in [-0.2, 0) is 20.9 Å². The van der Waals surface area contributed by atoms with E-state index in [9.17, 15) is 5.11 Å². The summed E-state index contributed by atoms with van der Waals surface area (Å²) in [7, 11) is -1.26. The Labute approximate surface area is 253 Å². The van der Waals surface area contributed by atoms with Crippen LogP contribution in [0.1, 0.15) is 0 Å². The van der Waals surface area contributed by atoms with Gasteiger partial charge in [-0.25, -0.2) is 4.98 Å². The molecule has 0 amide bonds. The number of rotatable bonds is 9. The normalized spacial score (nSPS) is 22.4. The van der Waals surface area contributed by atoms with Crippen LogP contribution in [0.2, 0.25) is 30.7 Å². The second kappa shape index (κ2) is 11.8. The molecule has 216 valence electrons. The SMILES string of the molecule is C[Si](C)(C)CCOCn1c(O[C@@H]2CO[C@H]3[C@@H]2OC[C@H]3O)nc2cc(Cl)c(-c3ccc(-c4ccc(Br)cc4)cc3)nc21. The van der Waals surface area contributed by atoms with Gasteiger partial charge in [0.1, 0.15) is 30.6 Å². The monoisotopic (exact) mass is 657 g/mol. The van der Waals surface area contributed by atoms with E-state index in [1.807, 2.05) is 34.9 Å². The zero-order valence-corrected chi connectivity index (χ0v) is 26.6. The lowest BCUT2D eigenvalue weighted by Gasteiger charge is -2.19. The number of pyridine rings is 1. The number of nitrogens with zero attached hydrogens (tertiary/aromatic N) is 3. The molecule has 0 saturated carbocycles. The van der Waals surface area contributed by atoms with Crippen LogP contribution in [0, 0.1) is 0 Å². The first-order valence-corrected chi connectivity index (χ1v) is 18.6. The molecule has 2 aromatic heterocycles. The number of halogens is 2. The van der Waals surface area contributed by atoms with Crippen molar-refractivity contribution >= 4 is 46.8 Å². The summed E-state index contributed by atoms with van der Waals surface area (Å²) in [6, 6.07) is 19.6. The van der Waals surface area contributed by atoms with E-state index in [1.165, 1.54) is 0 Å². The number of ether oxygens (including phenoxy) is 4. The Balaban J connectivity index is 1.31. The molecule has 0 aliphatic carbocycles. The fourth-order valence-corrected chi connectivity index (χ4v) is 6.37. The maximum Gasteiger partial charge on any atom is 0.301 e. The molecule has 4 heterocycles. The fourth-order valence-electron chi connectivity index (χ4n) is 5.09. The summed E-state index contributed by atoms with van der Waals surface area (Å²) in [5, 5.41) is 10.7. The van der Waals surface area contributed by atoms with Crippen molar-refractivity contribution in [3.8, 4) is 28.4 Å². The molecule has 11 heteroatoms. The standard InChI is InChI=1S/C30H33BrClN3O5Si/c1-41(2,3)13-12-37-17-35-29-23(33-30(35)40-25-16-39-27-24(36)15-38-28(25)27)14-22(32)26(34-29)20-6-4-18(5-7-20)19-8-10-21(31)11-9-19/h4-11,14,24-25,27-28,36H,12-13,15-17H2,1-3H3/t24-,25-,27-,28-/m1/s1. The molecule has 2 saturated heterocycles. The summed E-state index contributed by atoms with van der Waals surface area (Å²) in [6.07, 6.45) is -1.82. The highest BCUT2D eigenvalue weighted by Crippen LogP contribution is 2.35. The Morgan fingerprint density at radius 2 is 1.63 bits per heavy atom. The number of hydrogen-bond acceptors (Lipinski definition) is 7. The Hall–Kier alpha value is -2.31. The van der Waals surface area contributed by atoms with Crippen molar-refractivity contribution in [2.24, 2.45) is 0 Å². The van der Waals surface area contributed by atoms with E-state index >= 15 is 0 Å². The quantitative estimate of drug-likeness (QED) is 0.165. The maximum atomic E-state index is 10.2. The highest BCUT2D eigenvalue weighted by atomic mass is 79.9. The van der Waals surface area contributed by atoms with Gasteiger partial charge in [0, 0.05) is 24.7 Å². The maximum absolute atomic E-state index is 10.2. The molecule has 0 bridgehead atoms.